The summed E-state index contributed by atoms with van der Waals surface area (Å²) in [6.07, 6.45) is 1.80. The van der Waals surface area contributed by atoms with Crippen LogP contribution in [0.1, 0.15) is 60.3 Å². The normalized spacial score (nSPS) is 15.2. The third kappa shape index (κ3) is 10.5. The summed E-state index contributed by atoms with van der Waals surface area (Å²) in [7, 11) is 0. The SMILES string of the molecule is CC(C)CC(NC(=O)C(CCCCN)NC(=O)C(C)NC(=O)C(N)C(C)C)C(=O)O. The number of carboxylic acid groups (broad SMARTS) is 1. The first-order valence-corrected chi connectivity index (χ1v) is 10.5. The zero-order valence-electron chi connectivity index (χ0n) is 18.7. The summed E-state index contributed by atoms with van der Waals surface area (Å²) < 4.78 is 0. The van der Waals surface area contributed by atoms with Gasteiger partial charge in [0.25, 0.3) is 0 Å². The number of amides is 3. The van der Waals surface area contributed by atoms with E-state index in [-0.39, 0.29) is 18.3 Å². The molecule has 0 bridgehead atoms. The van der Waals surface area contributed by atoms with Crippen molar-refractivity contribution < 1.29 is 24.3 Å². The molecule has 3 amide bonds. The van der Waals surface area contributed by atoms with Crippen molar-refractivity contribution in [3.8, 4) is 0 Å². The van der Waals surface area contributed by atoms with Gasteiger partial charge in [0.2, 0.25) is 17.7 Å². The summed E-state index contributed by atoms with van der Waals surface area (Å²) in [5.74, 6) is -2.75. The van der Waals surface area contributed by atoms with Gasteiger partial charge in [-0.15, -0.1) is 0 Å². The molecule has 0 aromatic rings. The number of hydrogen-bond donors (Lipinski definition) is 6. The second-order valence-corrected chi connectivity index (χ2v) is 8.37. The van der Waals surface area contributed by atoms with Crippen molar-refractivity contribution in [2.45, 2.75) is 84.5 Å². The van der Waals surface area contributed by atoms with Crippen molar-refractivity contribution in [2.24, 2.45) is 23.3 Å². The Morgan fingerprint density at radius 2 is 1.40 bits per heavy atom. The van der Waals surface area contributed by atoms with Crippen LogP contribution in [0, 0.1) is 11.8 Å². The Labute approximate surface area is 178 Å². The quantitative estimate of drug-likeness (QED) is 0.205. The van der Waals surface area contributed by atoms with Crippen LogP contribution in [-0.2, 0) is 19.2 Å². The average molecular weight is 430 g/mol. The fourth-order valence-corrected chi connectivity index (χ4v) is 2.70. The molecule has 4 atom stereocenters. The minimum atomic E-state index is -1.13. The van der Waals surface area contributed by atoms with Crippen LogP contribution in [0.3, 0.4) is 0 Å². The van der Waals surface area contributed by atoms with Crippen molar-refractivity contribution in [3.63, 3.8) is 0 Å². The van der Waals surface area contributed by atoms with Gasteiger partial charge in [0.15, 0.2) is 0 Å². The molecule has 0 fully saturated rings. The van der Waals surface area contributed by atoms with Gasteiger partial charge in [0.1, 0.15) is 18.1 Å². The van der Waals surface area contributed by atoms with Crippen LogP contribution in [0.5, 0.6) is 0 Å². The maximum absolute atomic E-state index is 12.7. The lowest BCUT2D eigenvalue weighted by molar-refractivity contribution is -0.142. The number of hydrogen-bond acceptors (Lipinski definition) is 6. The molecule has 0 aromatic heterocycles. The standard InChI is InChI=1S/C20H39N5O5/c1-11(2)10-15(20(29)30)25-18(27)14(8-6-7-9-21)24-17(26)13(5)23-19(28)16(22)12(3)4/h11-16H,6-10,21-22H2,1-5H3,(H,23,28)(H,24,26)(H,25,27)(H,29,30). The Balaban J connectivity index is 5.13. The monoisotopic (exact) mass is 429 g/mol. The summed E-state index contributed by atoms with van der Waals surface area (Å²) in [6.45, 7) is 9.23. The molecule has 0 spiro atoms. The van der Waals surface area contributed by atoms with E-state index in [1.807, 2.05) is 13.8 Å². The molecule has 0 aliphatic rings. The fraction of sp³-hybridized carbons (Fsp3) is 0.800. The van der Waals surface area contributed by atoms with Crippen LogP contribution < -0.4 is 27.4 Å². The Morgan fingerprint density at radius 1 is 0.833 bits per heavy atom. The minimum absolute atomic E-state index is 0.0667. The number of carbonyl (C=O) groups excluding carboxylic acids is 3. The van der Waals surface area contributed by atoms with Crippen LogP contribution in [0.15, 0.2) is 0 Å². The number of carboxylic acids is 1. The maximum atomic E-state index is 12.7. The number of nitrogens with one attached hydrogen (secondary N) is 3. The summed E-state index contributed by atoms with van der Waals surface area (Å²) >= 11 is 0. The Hall–Kier alpha value is -2.20. The van der Waals surface area contributed by atoms with E-state index in [1.165, 1.54) is 6.92 Å². The molecule has 0 aliphatic heterocycles. The van der Waals surface area contributed by atoms with Gasteiger partial charge in [-0.3, -0.25) is 14.4 Å². The topological polar surface area (TPSA) is 177 Å². The van der Waals surface area contributed by atoms with Gasteiger partial charge in [-0.1, -0.05) is 27.7 Å². The fourth-order valence-electron chi connectivity index (χ4n) is 2.70. The molecule has 0 aliphatic carbocycles. The average Bonchev–Trinajstić information content (AvgIpc) is 2.65. The molecule has 30 heavy (non-hydrogen) atoms. The van der Waals surface area contributed by atoms with E-state index in [0.29, 0.717) is 25.8 Å². The van der Waals surface area contributed by atoms with Gasteiger partial charge >= 0.3 is 5.97 Å². The lowest BCUT2D eigenvalue weighted by atomic mass is 10.0. The molecule has 8 N–H and O–H groups in total. The van der Waals surface area contributed by atoms with Crippen molar-refractivity contribution in [2.75, 3.05) is 6.54 Å². The Bertz CT molecular complexity index is 582. The van der Waals surface area contributed by atoms with Crippen LogP contribution >= 0.6 is 0 Å². The van der Waals surface area contributed by atoms with E-state index in [4.69, 9.17) is 11.5 Å². The van der Waals surface area contributed by atoms with E-state index >= 15 is 0 Å². The third-order valence-corrected chi connectivity index (χ3v) is 4.67. The smallest absolute Gasteiger partial charge is 0.326 e. The van der Waals surface area contributed by atoms with Gasteiger partial charge < -0.3 is 32.5 Å². The zero-order chi connectivity index (χ0) is 23.4. The maximum Gasteiger partial charge on any atom is 0.326 e. The highest BCUT2D eigenvalue weighted by atomic mass is 16.4. The molecule has 0 saturated heterocycles. The molecule has 10 nitrogen and oxygen atoms in total. The summed E-state index contributed by atoms with van der Waals surface area (Å²) in [5.41, 5.74) is 11.3. The van der Waals surface area contributed by atoms with Crippen molar-refractivity contribution in [3.05, 3.63) is 0 Å². The molecular weight excluding hydrogens is 390 g/mol. The molecule has 0 saturated carbocycles. The van der Waals surface area contributed by atoms with E-state index in [9.17, 15) is 24.3 Å². The van der Waals surface area contributed by atoms with E-state index in [1.54, 1.807) is 13.8 Å². The van der Waals surface area contributed by atoms with Crippen molar-refractivity contribution in [1.82, 2.24) is 16.0 Å². The Kier molecular flexibility index (Phi) is 12.9. The van der Waals surface area contributed by atoms with E-state index in [2.05, 4.69) is 16.0 Å². The molecule has 4 unspecified atom stereocenters. The highest BCUT2D eigenvalue weighted by Gasteiger charge is 2.29. The predicted octanol–water partition coefficient (Wildman–Crippen LogP) is -0.296. The second kappa shape index (κ2) is 13.9. The zero-order valence-corrected chi connectivity index (χ0v) is 18.7. The van der Waals surface area contributed by atoms with Crippen LogP contribution in [0.25, 0.3) is 0 Å². The van der Waals surface area contributed by atoms with Gasteiger partial charge in [0, 0.05) is 0 Å². The van der Waals surface area contributed by atoms with Gasteiger partial charge in [-0.2, -0.15) is 0 Å². The molecule has 0 aromatic carbocycles. The first-order chi connectivity index (χ1) is 13.9. The van der Waals surface area contributed by atoms with Gasteiger partial charge in [-0.25, -0.2) is 4.79 Å². The number of carbonyl (C=O) groups is 4. The molecule has 0 rings (SSSR count). The van der Waals surface area contributed by atoms with Gasteiger partial charge in [0.05, 0.1) is 6.04 Å². The van der Waals surface area contributed by atoms with E-state index < -0.39 is 47.9 Å². The first-order valence-electron chi connectivity index (χ1n) is 10.5. The summed E-state index contributed by atoms with van der Waals surface area (Å²) in [6, 6.07) is -3.64. The second-order valence-electron chi connectivity index (χ2n) is 8.37. The number of nitrogens with two attached hydrogens (primary N) is 2. The first kappa shape index (κ1) is 27.8. The molecular formula is C20H39N5O5. The number of aliphatic carboxylic acids is 1. The molecule has 10 heteroatoms. The van der Waals surface area contributed by atoms with Crippen LogP contribution in [0.2, 0.25) is 0 Å². The highest BCUT2D eigenvalue weighted by Crippen LogP contribution is 2.08. The Morgan fingerprint density at radius 3 is 1.87 bits per heavy atom. The van der Waals surface area contributed by atoms with Crippen LogP contribution in [-0.4, -0.2) is 59.5 Å². The number of unbranched alkanes of at least 4 members (excludes halogenated alkanes) is 1. The molecule has 174 valence electrons. The third-order valence-electron chi connectivity index (χ3n) is 4.67. The van der Waals surface area contributed by atoms with Crippen molar-refractivity contribution in [1.29, 1.82) is 0 Å². The number of rotatable bonds is 14. The van der Waals surface area contributed by atoms with E-state index in [0.717, 1.165) is 0 Å². The minimum Gasteiger partial charge on any atom is -0.480 e. The summed E-state index contributed by atoms with van der Waals surface area (Å²) in [4.78, 5) is 48.7. The largest absolute Gasteiger partial charge is 0.480 e. The van der Waals surface area contributed by atoms with Crippen molar-refractivity contribution >= 4 is 23.7 Å². The molecule has 0 heterocycles. The van der Waals surface area contributed by atoms with Gasteiger partial charge in [-0.05, 0) is 51.0 Å². The predicted molar refractivity (Wildman–Crippen MR) is 114 cm³/mol. The highest BCUT2D eigenvalue weighted by molar-refractivity contribution is 5.93. The summed E-state index contributed by atoms with van der Waals surface area (Å²) in [5, 5.41) is 17.0. The van der Waals surface area contributed by atoms with Crippen LogP contribution in [0.4, 0.5) is 0 Å². The lowest BCUT2D eigenvalue weighted by Crippen LogP contribution is -2.56. The molecule has 0 radical (unpaired) electrons. The lowest BCUT2D eigenvalue weighted by Gasteiger charge is -2.24.